The molecule has 1 rings (SSSR count). The minimum absolute atomic E-state index is 0. The van der Waals surface area contributed by atoms with E-state index in [1.807, 2.05) is 6.92 Å². The second-order valence-corrected chi connectivity index (χ2v) is 5.36. The largest absolute Gasteiger partial charge is 0.494 e. The molecule has 0 spiro atoms. The van der Waals surface area contributed by atoms with E-state index in [1.165, 1.54) is 5.56 Å². The standard InChI is InChI=1S/C18H31N3O3.HI/c1-5-24-17-13-15(2)7-8-16(17)14-21-18(19-3)20-9-6-10-23-12-11-22-4;/h7-8,13H,5-6,9-12,14H2,1-4H3,(H2,19,20,21);1H. The molecule has 1 aromatic carbocycles. The first-order valence-electron chi connectivity index (χ1n) is 8.44. The number of guanidine groups is 1. The third-order valence-corrected chi connectivity index (χ3v) is 3.38. The fraction of sp³-hybridized carbons (Fsp3) is 0.611. The van der Waals surface area contributed by atoms with Crippen molar-refractivity contribution < 1.29 is 14.2 Å². The van der Waals surface area contributed by atoms with Gasteiger partial charge in [-0.1, -0.05) is 12.1 Å². The number of rotatable bonds is 11. The van der Waals surface area contributed by atoms with Crippen molar-refractivity contribution in [2.75, 3.05) is 47.1 Å². The zero-order valence-electron chi connectivity index (χ0n) is 15.8. The molecule has 0 aliphatic carbocycles. The number of nitrogens with one attached hydrogen (secondary N) is 2. The summed E-state index contributed by atoms with van der Waals surface area (Å²) in [6, 6.07) is 6.24. The number of hydrogen-bond acceptors (Lipinski definition) is 4. The summed E-state index contributed by atoms with van der Waals surface area (Å²) >= 11 is 0. The summed E-state index contributed by atoms with van der Waals surface area (Å²) in [7, 11) is 3.44. The van der Waals surface area contributed by atoms with E-state index in [2.05, 4.69) is 40.7 Å². The average Bonchev–Trinajstić information content (AvgIpc) is 2.58. The fourth-order valence-corrected chi connectivity index (χ4v) is 2.12. The van der Waals surface area contributed by atoms with E-state index in [9.17, 15) is 0 Å². The van der Waals surface area contributed by atoms with Crippen LogP contribution in [-0.4, -0.2) is 53.1 Å². The van der Waals surface area contributed by atoms with Gasteiger partial charge < -0.3 is 24.8 Å². The molecule has 0 aliphatic heterocycles. The van der Waals surface area contributed by atoms with Crippen molar-refractivity contribution in [3.05, 3.63) is 29.3 Å². The molecule has 0 bridgehead atoms. The number of aryl methyl sites for hydroxylation is 1. The number of benzene rings is 1. The fourth-order valence-electron chi connectivity index (χ4n) is 2.12. The van der Waals surface area contributed by atoms with Crippen LogP contribution >= 0.6 is 24.0 Å². The summed E-state index contributed by atoms with van der Waals surface area (Å²) in [5, 5.41) is 6.59. The third-order valence-electron chi connectivity index (χ3n) is 3.38. The van der Waals surface area contributed by atoms with E-state index in [0.29, 0.717) is 33.0 Å². The molecule has 0 radical (unpaired) electrons. The minimum Gasteiger partial charge on any atom is -0.494 e. The molecule has 6 nitrogen and oxygen atoms in total. The van der Waals surface area contributed by atoms with Crippen molar-refractivity contribution in [1.82, 2.24) is 10.6 Å². The highest BCUT2D eigenvalue weighted by atomic mass is 127. The normalized spacial score (nSPS) is 11.0. The Labute approximate surface area is 168 Å². The lowest BCUT2D eigenvalue weighted by molar-refractivity contribution is 0.0698. The molecule has 0 amide bonds. The second-order valence-electron chi connectivity index (χ2n) is 5.36. The number of hydrogen-bond donors (Lipinski definition) is 2. The molecule has 25 heavy (non-hydrogen) atoms. The molecule has 0 unspecified atom stereocenters. The van der Waals surface area contributed by atoms with Crippen LogP contribution in [0.2, 0.25) is 0 Å². The van der Waals surface area contributed by atoms with Gasteiger partial charge in [-0.25, -0.2) is 0 Å². The maximum Gasteiger partial charge on any atom is 0.191 e. The highest BCUT2D eigenvalue weighted by Crippen LogP contribution is 2.20. The van der Waals surface area contributed by atoms with Gasteiger partial charge in [0.1, 0.15) is 5.75 Å². The van der Waals surface area contributed by atoms with Crippen molar-refractivity contribution in [2.24, 2.45) is 4.99 Å². The zero-order chi connectivity index (χ0) is 17.6. The molecule has 0 fully saturated rings. The van der Waals surface area contributed by atoms with Gasteiger partial charge in [-0.2, -0.15) is 0 Å². The van der Waals surface area contributed by atoms with Gasteiger partial charge in [0.25, 0.3) is 0 Å². The van der Waals surface area contributed by atoms with Gasteiger partial charge in [-0.3, -0.25) is 4.99 Å². The molecular formula is C18H32IN3O3. The Morgan fingerprint density at radius 1 is 1.16 bits per heavy atom. The van der Waals surface area contributed by atoms with Crippen molar-refractivity contribution in [3.63, 3.8) is 0 Å². The number of ether oxygens (including phenoxy) is 3. The molecule has 0 saturated heterocycles. The Balaban J connectivity index is 0.00000576. The Hall–Kier alpha value is -1.06. The van der Waals surface area contributed by atoms with Crippen molar-refractivity contribution in [1.29, 1.82) is 0 Å². The molecule has 144 valence electrons. The van der Waals surface area contributed by atoms with Crippen molar-refractivity contribution >= 4 is 29.9 Å². The maximum absolute atomic E-state index is 5.70. The molecule has 1 aromatic rings. The van der Waals surface area contributed by atoms with Crippen LogP contribution < -0.4 is 15.4 Å². The third kappa shape index (κ3) is 10.5. The Morgan fingerprint density at radius 3 is 2.64 bits per heavy atom. The minimum atomic E-state index is 0. The van der Waals surface area contributed by atoms with Gasteiger partial charge in [0.2, 0.25) is 0 Å². The Morgan fingerprint density at radius 2 is 1.96 bits per heavy atom. The second kappa shape index (κ2) is 15.2. The van der Waals surface area contributed by atoms with E-state index in [0.717, 1.165) is 30.2 Å². The van der Waals surface area contributed by atoms with Gasteiger partial charge in [-0.15, -0.1) is 24.0 Å². The molecule has 0 aromatic heterocycles. The first-order chi connectivity index (χ1) is 11.7. The lowest BCUT2D eigenvalue weighted by Gasteiger charge is -2.15. The molecule has 7 heteroatoms. The predicted octanol–water partition coefficient (Wildman–Crippen LogP) is 2.73. The van der Waals surface area contributed by atoms with Gasteiger partial charge in [-0.05, 0) is 31.9 Å². The van der Waals surface area contributed by atoms with Crippen LogP contribution in [0.1, 0.15) is 24.5 Å². The first kappa shape index (κ1) is 23.9. The van der Waals surface area contributed by atoms with Crippen molar-refractivity contribution in [2.45, 2.75) is 26.8 Å². The number of nitrogens with zero attached hydrogens (tertiary/aromatic N) is 1. The molecule has 2 N–H and O–H groups in total. The molecule has 0 aliphatic rings. The molecule has 0 heterocycles. The first-order valence-corrected chi connectivity index (χ1v) is 8.44. The quantitative estimate of drug-likeness (QED) is 0.228. The van der Waals surface area contributed by atoms with E-state index < -0.39 is 0 Å². The van der Waals surface area contributed by atoms with Crippen LogP contribution in [-0.2, 0) is 16.0 Å². The SMILES string of the molecule is CCOc1cc(C)ccc1CNC(=NC)NCCCOCCOC.I. The number of halogens is 1. The summed E-state index contributed by atoms with van der Waals surface area (Å²) in [5.41, 5.74) is 2.31. The van der Waals surface area contributed by atoms with E-state index >= 15 is 0 Å². The average molecular weight is 465 g/mol. The van der Waals surface area contributed by atoms with Gasteiger partial charge >= 0.3 is 0 Å². The van der Waals surface area contributed by atoms with Crippen LogP contribution in [0.15, 0.2) is 23.2 Å². The number of methoxy groups -OCH3 is 1. The van der Waals surface area contributed by atoms with Crippen LogP contribution in [0, 0.1) is 6.92 Å². The topological polar surface area (TPSA) is 64.1 Å². The summed E-state index contributed by atoms with van der Waals surface area (Å²) in [5.74, 6) is 1.70. The monoisotopic (exact) mass is 465 g/mol. The van der Waals surface area contributed by atoms with Crippen LogP contribution in [0.3, 0.4) is 0 Å². The van der Waals surface area contributed by atoms with Gasteiger partial charge in [0.05, 0.1) is 19.8 Å². The molecular weight excluding hydrogens is 433 g/mol. The van der Waals surface area contributed by atoms with E-state index in [4.69, 9.17) is 14.2 Å². The molecule has 0 atom stereocenters. The number of aliphatic imine (C=N–C) groups is 1. The zero-order valence-corrected chi connectivity index (χ0v) is 18.1. The predicted molar refractivity (Wildman–Crippen MR) is 113 cm³/mol. The smallest absolute Gasteiger partial charge is 0.191 e. The summed E-state index contributed by atoms with van der Waals surface area (Å²) < 4.78 is 16.1. The van der Waals surface area contributed by atoms with Crippen LogP contribution in [0.4, 0.5) is 0 Å². The van der Waals surface area contributed by atoms with Crippen molar-refractivity contribution in [3.8, 4) is 5.75 Å². The van der Waals surface area contributed by atoms with Gasteiger partial charge in [0, 0.05) is 39.4 Å². The lowest BCUT2D eigenvalue weighted by Crippen LogP contribution is -2.37. The highest BCUT2D eigenvalue weighted by molar-refractivity contribution is 14.0. The summed E-state index contributed by atoms with van der Waals surface area (Å²) in [6.45, 7) is 8.17. The lowest BCUT2D eigenvalue weighted by atomic mass is 10.1. The Kier molecular flexibility index (Phi) is 14.6. The van der Waals surface area contributed by atoms with Crippen LogP contribution in [0.25, 0.3) is 0 Å². The maximum atomic E-state index is 5.70. The van der Waals surface area contributed by atoms with Gasteiger partial charge in [0.15, 0.2) is 5.96 Å². The summed E-state index contributed by atoms with van der Waals surface area (Å²) in [4.78, 5) is 4.24. The molecule has 0 saturated carbocycles. The van der Waals surface area contributed by atoms with Crippen LogP contribution in [0.5, 0.6) is 5.75 Å². The Bertz CT molecular complexity index is 498. The van der Waals surface area contributed by atoms with E-state index in [-0.39, 0.29) is 24.0 Å². The summed E-state index contributed by atoms with van der Waals surface area (Å²) in [6.07, 6.45) is 0.916. The van der Waals surface area contributed by atoms with E-state index in [1.54, 1.807) is 14.2 Å². The highest BCUT2D eigenvalue weighted by Gasteiger charge is 2.05.